The second kappa shape index (κ2) is 9.05. The van der Waals surface area contributed by atoms with Crippen molar-refractivity contribution in [1.29, 1.82) is 0 Å². The van der Waals surface area contributed by atoms with Crippen LogP contribution in [0.3, 0.4) is 0 Å². The van der Waals surface area contributed by atoms with E-state index < -0.39 is 12.8 Å². The van der Waals surface area contributed by atoms with Crippen molar-refractivity contribution in [2.45, 2.75) is 25.6 Å². The lowest BCUT2D eigenvalue weighted by atomic mass is 9.99. The van der Waals surface area contributed by atoms with E-state index in [1.165, 1.54) is 12.5 Å². The molecule has 1 fully saturated rings. The maximum Gasteiger partial charge on any atom is 0.422 e. The topological polar surface area (TPSA) is 83.4 Å². The van der Waals surface area contributed by atoms with Crippen molar-refractivity contribution >= 4 is 11.6 Å². The number of anilines is 2. The smallest absolute Gasteiger partial charge is 0.422 e. The number of aliphatic hydroxyl groups excluding tert-OH is 1. The number of aromatic nitrogens is 3. The predicted molar refractivity (Wildman–Crippen MR) is 97.2 cm³/mol. The van der Waals surface area contributed by atoms with Crippen molar-refractivity contribution in [3.8, 4) is 5.88 Å². The molecule has 1 saturated heterocycles. The van der Waals surface area contributed by atoms with Crippen molar-refractivity contribution in [1.82, 2.24) is 15.0 Å². The standard InChI is InChI=1S/C18H22F3N5O2/c19-18(20,21)11-28-17-14(4-1-5-22-17)8-23-15-7-16(25-12-24-15)26-6-2-3-13(9-26)10-27/h1,4-5,7,12-13,27H,2-3,6,8-11H2,(H,23,24,25). The summed E-state index contributed by atoms with van der Waals surface area (Å²) in [5.41, 5.74) is 0.491. The number of alkyl halides is 3. The van der Waals surface area contributed by atoms with Gasteiger partial charge in [0.25, 0.3) is 0 Å². The van der Waals surface area contributed by atoms with Gasteiger partial charge in [-0.1, -0.05) is 6.07 Å². The van der Waals surface area contributed by atoms with Gasteiger partial charge < -0.3 is 20.1 Å². The average Bonchev–Trinajstić information content (AvgIpc) is 2.71. The van der Waals surface area contributed by atoms with Gasteiger partial charge in [-0.2, -0.15) is 13.2 Å². The van der Waals surface area contributed by atoms with Crippen molar-refractivity contribution in [3.05, 3.63) is 36.3 Å². The summed E-state index contributed by atoms with van der Waals surface area (Å²) in [6.45, 7) is 0.538. The fourth-order valence-corrected chi connectivity index (χ4v) is 3.06. The Morgan fingerprint density at radius 2 is 2.14 bits per heavy atom. The third kappa shape index (κ3) is 5.69. The minimum Gasteiger partial charge on any atom is -0.468 e. The number of halogens is 3. The van der Waals surface area contributed by atoms with E-state index in [2.05, 4.69) is 25.2 Å². The molecule has 10 heteroatoms. The lowest BCUT2D eigenvalue weighted by Gasteiger charge is -2.32. The number of nitrogens with zero attached hydrogens (tertiary/aromatic N) is 4. The molecule has 0 bridgehead atoms. The maximum atomic E-state index is 12.4. The van der Waals surface area contributed by atoms with E-state index in [4.69, 9.17) is 4.74 Å². The van der Waals surface area contributed by atoms with Gasteiger partial charge in [-0.3, -0.25) is 0 Å². The fraction of sp³-hybridized carbons (Fsp3) is 0.500. The zero-order chi connectivity index (χ0) is 20.0. The molecule has 0 saturated carbocycles. The van der Waals surface area contributed by atoms with Crippen LogP contribution >= 0.6 is 0 Å². The monoisotopic (exact) mass is 397 g/mol. The van der Waals surface area contributed by atoms with Crippen LogP contribution in [0.4, 0.5) is 24.8 Å². The van der Waals surface area contributed by atoms with Gasteiger partial charge in [-0.25, -0.2) is 15.0 Å². The summed E-state index contributed by atoms with van der Waals surface area (Å²) < 4.78 is 42.0. The average molecular weight is 397 g/mol. The van der Waals surface area contributed by atoms with Crippen LogP contribution in [-0.4, -0.2) is 52.5 Å². The first-order chi connectivity index (χ1) is 13.4. The summed E-state index contributed by atoms with van der Waals surface area (Å²) in [6.07, 6.45) is 0.361. The molecular formula is C18H22F3N5O2. The van der Waals surface area contributed by atoms with Crippen LogP contribution in [0.2, 0.25) is 0 Å². The van der Waals surface area contributed by atoms with E-state index in [-0.39, 0.29) is 24.9 Å². The Hall–Kier alpha value is -2.62. The summed E-state index contributed by atoms with van der Waals surface area (Å²) in [5.74, 6) is 1.45. The summed E-state index contributed by atoms with van der Waals surface area (Å²) in [5, 5.41) is 12.5. The predicted octanol–water partition coefficient (Wildman–Crippen LogP) is 2.63. The summed E-state index contributed by atoms with van der Waals surface area (Å²) in [4.78, 5) is 14.4. The summed E-state index contributed by atoms with van der Waals surface area (Å²) >= 11 is 0. The highest BCUT2D eigenvalue weighted by molar-refractivity contribution is 5.49. The van der Waals surface area contributed by atoms with E-state index in [1.807, 2.05) is 0 Å². The molecule has 2 aromatic heterocycles. The van der Waals surface area contributed by atoms with Crippen LogP contribution < -0.4 is 15.0 Å². The number of pyridine rings is 1. The molecule has 28 heavy (non-hydrogen) atoms. The van der Waals surface area contributed by atoms with E-state index in [9.17, 15) is 18.3 Å². The highest BCUT2D eigenvalue weighted by Gasteiger charge is 2.29. The van der Waals surface area contributed by atoms with E-state index in [0.29, 0.717) is 11.4 Å². The molecule has 152 valence electrons. The molecule has 1 aliphatic heterocycles. The van der Waals surface area contributed by atoms with Gasteiger partial charge in [-0.15, -0.1) is 0 Å². The molecule has 3 rings (SSSR count). The second-order valence-corrected chi connectivity index (χ2v) is 6.62. The minimum atomic E-state index is -4.43. The van der Waals surface area contributed by atoms with Crippen molar-refractivity contribution in [2.75, 3.05) is 36.5 Å². The van der Waals surface area contributed by atoms with E-state index >= 15 is 0 Å². The number of hydrogen-bond donors (Lipinski definition) is 2. The van der Waals surface area contributed by atoms with Crippen LogP contribution in [0, 0.1) is 5.92 Å². The van der Waals surface area contributed by atoms with Crippen LogP contribution in [0.15, 0.2) is 30.7 Å². The lowest BCUT2D eigenvalue weighted by molar-refractivity contribution is -0.154. The second-order valence-electron chi connectivity index (χ2n) is 6.62. The molecule has 0 aliphatic carbocycles. The van der Waals surface area contributed by atoms with Gasteiger partial charge >= 0.3 is 6.18 Å². The molecular weight excluding hydrogens is 375 g/mol. The number of ether oxygens (including phenoxy) is 1. The molecule has 1 unspecified atom stereocenters. The van der Waals surface area contributed by atoms with Crippen LogP contribution in [0.5, 0.6) is 5.88 Å². The quantitative estimate of drug-likeness (QED) is 0.743. The summed E-state index contributed by atoms with van der Waals surface area (Å²) in [7, 11) is 0. The first kappa shape index (κ1) is 20.1. The van der Waals surface area contributed by atoms with Crippen molar-refractivity contribution < 1.29 is 23.0 Å². The Morgan fingerprint density at radius 3 is 2.93 bits per heavy atom. The van der Waals surface area contributed by atoms with Crippen LogP contribution in [-0.2, 0) is 6.54 Å². The number of piperidine rings is 1. The molecule has 1 atom stereocenters. The molecule has 0 amide bonds. The van der Waals surface area contributed by atoms with E-state index in [1.54, 1.807) is 18.2 Å². The van der Waals surface area contributed by atoms with Crippen LogP contribution in [0.25, 0.3) is 0 Å². The molecule has 7 nitrogen and oxygen atoms in total. The zero-order valence-corrected chi connectivity index (χ0v) is 15.2. The van der Waals surface area contributed by atoms with Crippen LogP contribution in [0.1, 0.15) is 18.4 Å². The molecule has 3 heterocycles. The lowest BCUT2D eigenvalue weighted by Crippen LogP contribution is -2.37. The largest absolute Gasteiger partial charge is 0.468 e. The third-order valence-electron chi connectivity index (χ3n) is 4.44. The van der Waals surface area contributed by atoms with Crippen molar-refractivity contribution in [2.24, 2.45) is 5.92 Å². The highest BCUT2D eigenvalue weighted by atomic mass is 19.4. The molecule has 0 aromatic carbocycles. The Morgan fingerprint density at radius 1 is 1.29 bits per heavy atom. The molecule has 0 radical (unpaired) electrons. The van der Waals surface area contributed by atoms with Gasteiger partial charge in [0, 0.05) is 44.1 Å². The Kier molecular flexibility index (Phi) is 6.50. The number of hydrogen-bond acceptors (Lipinski definition) is 7. The SMILES string of the molecule is OCC1CCCN(c2cc(NCc3cccnc3OCC(F)(F)F)ncn2)C1. The molecule has 2 aromatic rings. The highest BCUT2D eigenvalue weighted by Crippen LogP contribution is 2.24. The Bertz CT molecular complexity index is 775. The van der Waals surface area contributed by atoms with Gasteiger partial charge in [0.1, 0.15) is 18.0 Å². The fourth-order valence-electron chi connectivity index (χ4n) is 3.06. The number of nitrogens with one attached hydrogen (secondary N) is 1. The third-order valence-corrected chi connectivity index (χ3v) is 4.44. The van der Waals surface area contributed by atoms with E-state index in [0.717, 1.165) is 31.7 Å². The van der Waals surface area contributed by atoms with Gasteiger partial charge in [0.05, 0.1) is 0 Å². The Labute approximate surface area is 160 Å². The van der Waals surface area contributed by atoms with Crippen molar-refractivity contribution in [3.63, 3.8) is 0 Å². The van der Waals surface area contributed by atoms with Gasteiger partial charge in [0.2, 0.25) is 5.88 Å². The molecule has 2 N–H and O–H groups in total. The maximum absolute atomic E-state index is 12.4. The summed E-state index contributed by atoms with van der Waals surface area (Å²) in [6, 6.07) is 5.06. The molecule has 0 spiro atoms. The number of rotatable bonds is 7. The minimum absolute atomic E-state index is 0.0663. The van der Waals surface area contributed by atoms with Gasteiger partial charge in [-0.05, 0) is 24.8 Å². The number of aliphatic hydroxyl groups is 1. The first-order valence-electron chi connectivity index (χ1n) is 9.00. The normalized spacial score (nSPS) is 17.4. The first-order valence-corrected chi connectivity index (χ1v) is 9.00. The van der Waals surface area contributed by atoms with Gasteiger partial charge in [0.15, 0.2) is 6.61 Å². The Balaban J connectivity index is 1.64. The zero-order valence-electron chi connectivity index (χ0n) is 15.2. The molecule has 1 aliphatic rings.